The maximum atomic E-state index is 5.20. The molecular weight excluding hydrogens is 134 g/mol. The van der Waals surface area contributed by atoms with Crippen LogP contribution in [0.4, 0.5) is 0 Å². The Morgan fingerprint density at radius 1 is 1.55 bits per heavy atom. The highest BCUT2D eigenvalue weighted by molar-refractivity contribution is 5.16. The van der Waals surface area contributed by atoms with Gasteiger partial charge in [-0.15, -0.1) is 12.3 Å². The molecule has 0 aliphatic carbocycles. The predicted molar refractivity (Wildman–Crippen MR) is 46.1 cm³/mol. The number of hydrogen-bond acceptors (Lipinski definition) is 1. The highest BCUT2D eigenvalue weighted by atomic mass is 14.6. The van der Waals surface area contributed by atoms with Crippen LogP contribution < -0.4 is 0 Å². The molecular formula is C10H11N. The van der Waals surface area contributed by atoms with E-state index in [1.807, 2.05) is 12.1 Å². The first kappa shape index (κ1) is 7.81. The van der Waals surface area contributed by atoms with Crippen molar-refractivity contribution in [3.63, 3.8) is 0 Å². The monoisotopic (exact) mass is 145 g/mol. The molecule has 1 aromatic rings. The lowest BCUT2D eigenvalue weighted by Gasteiger charge is -2.05. The molecule has 56 valence electrons. The molecule has 1 nitrogen and oxygen atoms in total. The van der Waals surface area contributed by atoms with Gasteiger partial charge in [0.05, 0.1) is 0 Å². The van der Waals surface area contributed by atoms with Crippen molar-refractivity contribution in [1.82, 2.24) is 4.98 Å². The first-order chi connectivity index (χ1) is 5.34. The fourth-order valence-corrected chi connectivity index (χ4v) is 0.987. The summed E-state index contributed by atoms with van der Waals surface area (Å²) in [5.74, 6) is 3.09. The molecule has 1 heterocycles. The zero-order valence-electron chi connectivity index (χ0n) is 6.62. The average molecular weight is 145 g/mol. The molecule has 0 saturated heterocycles. The summed E-state index contributed by atoms with van der Waals surface area (Å²) in [6.45, 7) is 2.12. The molecule has 1 unspecified atom stereocenters. The summed E-state index contributed by atoms with van der Waals surface area (Å²) in [6, 6.07) is 4.00. The van der Waals surface area contributed by atoms with Gasteiger partial charge in [0, 0.05) is 18.8 Å². The molecule has 0 aliphatic heterocycles. The van der Waals surface area contributed by atoms with Gasteiger partial charge in [0.2, 0.25) is 0 Å². The first-order valence-electron chi connectivity index (χ1n) is 3.68. The third-order valence-corrected chi connectivity index (χ3v) is 1.70. The predicted octanol–water partition coefficient (Wildman–Crippen LogP) is 2.21. The molecule has 1 heteroatoms. The molecule has 11 heavy (non-hydrogen) atoms. The van der Waals surface area contributed by atoms with E-state index in [9.17, 15) is 0 Å². The summed E-state index contributed by atoms with van der Waals surface area (Å²) < 4.78 is 0. The quantitative estimate of drug-likeness (QED) is 0.581. The van der Waals surface area contributed by atoms with Crippen molar-refractivity contribution in [2.45, 2.75) is 19.3 Å². The summed E-state index contributed by atoms with van der Waals surface area (Å²) in [5, 5.41) is 0. The highest BCUT2D eigenvalue weighted by Gasteiger charge is 2.01. The summed E-state index contributed by atoms with van der Waals surface area (Å²) in [6.07, 6.45) is 9.58. The van der Waals surface area contributed by atoms with Crippen molar-refractivity contribution in [2.75, 3.05) is 0 Å². The lowest BCUT2D eigenvalue weighted by atomic mass is 10.00. The fraction of sp³-hybridized carbons (Fsp3) is 0.300. The largest absolute Gasteiger partial charge is 0.265 e. The minimum Gasteiger partial charge on any atom is -0.265 e. The molecule has 0 aliphatic rings. The SMILES string of the molecule is C#CCC(C)c1ccncc1. The fourth-order valence-electron chi connectivity index (χ4n) is 0.987. The minimum absolute atomic E-state index is 0.447. The summed E-state index contributed by atoms with van der Waals surface area (Å²) in [4.78, 5) is 3.94. The number of nitrogens with zero attached hydrogens (tertiary/aromatic N) is 1. The third-order valence-electron chi connectivity index (χ3n) is 1.70. The molecule has 0 N–H and O–H groups in total. The standard InChI is InChI=1S/C10H11N/c1-3-4-9(2)10-5-7-11-8-6-10/h1,5-9H,4H2,2H3. The van der Waals surface area contributed by atoms with Crippen LogP contribution in [0.5, 0.6) is 0 Å². The van der Waals surface area contributed by atoms with Gasteiger partial charge in [-0.2, -0.15) is 0 Å². The van der Waals surface area contributed by atoms with Gasteiger partial charge in [-0.05, 0) is 23.6 Å². The Labute approximate surface area is 67.5 Å². The van der Waals surface area contributed by atoms with E-state index in [1.165, 1.54) is 5.56 Å². The number of rotatable bonds is 2. The second kappa shape index (κ2) is 3.78. The van der Waals surface area contributed by atoms with Crippen LogP contribution in [-0.4, -0.2) is 4.98 Å². The Kier molecular flexibility index (Phi) is 2.68. The summed E-state index contributed by atoms with van der Waals surface area (Å²) in [5.41, 5.74) is 1.26. The van der Waals surface area contributed by atoms with Crippen molar-refractivity contribution >= 4 is 0 Å². The van der Waals surface area contributed by atoms with Gasteiger partial charge in [-0.25, -0.2) is 0 Å². The van der Waals surface area contributed by atoms with E-state index in [4.69, 9.17) is 6.42 Å². The van der Waals surface area contributed by atoms with Crippen molar-refractivity contribution < 1.29 is 0 Å². The van der Waals surface area contributed by atoms with Crippen molar-refractivity contribution in [3.05, 3.63) is 30.1 Å². The minimum atomic E-state index is 0.447. The Morgan fingerprint density at radius 3 is 2.73 bits per heavy atom. The van der Waals surface area contributed by atoms with E-state index in [1.54, 1.807) is 12.4 Å². The molecule has 0 radical (unpaired) electrons. The molecule has 1 aromatic heterocycles. The molecule has 0 spiro atoms. The molecule has 1 rings (SSSR count). The molecule has 1 atom stereocenters. The van der Waals surface area contributed by atoms with Crippen LogP contribution in [0.15, 0.2) is 24.5 Å². The Morgan fingerprint density at radius 2 is 2.18 bits per heavy atom. The van der Waals surface area contributed by atoms with E-state index in [0.717, 1.165) is 6.42 Å². The van der Waals surface area contributed by atoms with Crippen molar-refractivity contribution in [3.8, 4) is 12.3 Å². The first-order valence-corrected chi connectivity index (χ1v) is 3.68. The maximum absolute atomic E-state index is 5.20. The van der Waals surface area contributed by atoms with E-state index in [-0.39, 0.29) is 0 Å². The topological polar surface area (TPSA) is 12.9 Å². The van der Waals surface area contributed by atoms with Gasteiger partial charge in [0.25, 0.3) is 0 Å². The molecule has 0 saturated carbocycles. The second-order valence-electron chi connectivity index (χ2n) is 2.59. The Hall–Kier alpha value is -1.29. The van der Waals surface area contributed by atoms with Crippen LogP contribution >= 0.6 is 0 Å². The van der Waals surface area contributed by atoms with Crippen LogP contribution in [-0.2, 0) is 0 Å². The zero-order chi connectivity index (χ0) is 8.10. The van der Waals surface area contributed by atoms with E-state index in [2.05, 4.69) is 17.8 Å². The lowest BCUT2D eigenvalue weighted by Crippen LogP contribution is -1.91. The van der Waals surface area contributed by atoms with E-state index < -0.39 is 0 Å². The number of terminal acetylenes is 1. The van der Waals surface area contributed by atoms with Gasteiger partial charge in [-0.3, -0.25) is 4.98 Å². The second-order valence-corrected chi connectivity index (χ2v) is 2.59. The third kappa shape index (κ3) is 2.09. The molecule has 0 aromatic carbocycles. The molecule has 0 bridgehead atoms. The zero-order valence-corrected chi connectivity index (χ0v) is 6.62. The summed E-state index contributed by atoms with van der Waals surface area (Å²) >= 11 is 0. The van der Waals surface area contributed by atoms with Gasteiger partial charge >= 0.3 is 0 Å². The highest BCUT2D eigenvalue weighted by Crippen LogP contribution is 2.16. The van der Waals surface area contributed by atoms with Crippen molar-refractivity contribution in [1.29, 1.82) is 0 Å². The van der Waals surface area contributed by atoms with Gasteiger partial charge in [-0.1, -0.05) is 6.92 Å². The Bertz CT molecular complexity index is 245. The number of hydrogen-bond donors (Lipinski definition) is 0. The van der Waals surface area contributed by atoms with E-state index in [0.29, 0.717) is 5.92 Å². The van der Waals surface area contributed by atoms with Gasteiger partial charge < -0.3 is 0 Å². The smallest absolute Gasteiger partial charge is 0.0270 e. The van der Waals surface area contributed by atoms with Gasteiger partial charge in [0.1, 0.15) is 0 Å². The van der Waals surface area contributed by atoms with Crippen LogP contribution in [0.25, 0.3) is 0 Å². The van der Waals surface area contributed by atoms with E-state index >= 15 is 0 Å². The van der Waals surface area contributed by atoms with Crippen LogP contribution in [0.2, 0.25) is 0 Å². The van der Waals surface area contributed by atoms with Crippen LogP contribution in [0.3, 0.4) is 0 Å². The van der Waals surface area contributed by atoms with Crippen LogP contribution in [0, 0.1) is 12.3 Å². The maximum Gasteiger partial charge on any atom is 0.0270 e. The lowest BCUT2D eigenvalue weighted by molar-refractivity contribution is 0.794. The van der Waals surface area contributed by atoms with Crippen LogP contribution in [0.1, 0.15) is 24.8 Å². The number of pyridine rings is 1. The summed E-state index contributed by atoms with van der Waals surface area (Å²) in [7, 11) is 0. The number of aromatic nitrogens is 1. The Balaban J connectivity index is 2.70. The average Bonchev–Trinajstić information content (AvgIpc) is 2.07. The normalized spacial score (nSPS) is 12.0. The molecule has 0 amide bonds. The van der Waals surface area contributed by atoms with Gasteiger partial charge in [0.15, 0.2) is 0 Å². The van der Waals surface area contributed by atoms with Crippen molar-refractivity contribution in [2.24, 2.45) is 0 Å². The molecule has 0 fully saturated rings.